The molecule has 0 fully saturated rings. The average molecular weight is 301 g/mol. The smallest absolute Gasteiger partial charge is 0.203 e. The van der Waals surface area contributed by atoms with Gasteiger partial charge in [-0.25, -0.2) is 0 Å². The van der Waals surface area contributed by atoms with Crippen LogP contribution < -0.4 is 14.2 Å². The third kappa shape index (κ3) is 3.49. The number of carbonyl (C=O) groups is 1. The molecule has 0 heterocycles. The highest BCUT2D eigenvalue weighted by Crippen LogP contribution is 2.38. The van der Waals surface area contributed by atoms with Crippen LogP contribution in [0, 0.1) is 0 Å². The van der Waals surface area contributed by atoms with Crippen molar-refractivity contribution in [2.75, 3.05) is 20.8 Å². The molecule has 0 N–H and O–H groups in total. The second-order valence-corrected chi connectivity index (χ2v) is 4.30. The highest BCUT2D eigenvalue weighted by molar-refractivity contribution is 9.11. The summed E-state index contributed by atoms with van der Waals surface area (Å²) in [5.74, 6) is 1.33. The number of rotatable bonds is 6. The average Bonchev–Trinajstić information content (AvgIpc) is 2.34. The van der Waals surface area contributed by atoms with E-state index in [4.69, 9.17) is 14.2 Å². The summed E-state index contributed by atoms with van der Waals surface area (Å²) in [5.41, 5.74) is 0.462. The number of halogens is 1. The summed E-state index contributed by atoms with van der Waals surface area (Å²) in [5, 5.41) is 0. The van der Waals surface area contributed by atoms with Crippen LogP contribution in [0.15, 0.2) is 23.2 Å². The zero-order valence-electron chi connectivity index (χ0n) is 9.66. The van der Waals surface area contributed by atoms with Crippen LogP contribution in [-0.4, -0.2) is 27.1 Å². The first kappa shape index (κ1) is 13.6. The van der Waals surface area contributed by atoms with Crippen molar-refractivity contribution in [3.05, 3.63) is 28.8 Å². The molecule has 92 valence electrons. The molecule has 0 aliphatic heterocycles. The maximum absolute atomic E-state index is 10.7. The van der Waals surface area contributed by atoms with Crippen molar-refractivity contribution in [2.45, 2.75) is 0 Å². The molecule has 0 amide bonds. The molecule has 0 spiro atoms. The summed E-state index contributed by atoms with van der Waals surface area (Å²) in [6, 6.07) is 3.17. The second-order valence-electron chi connectivity index (χ2n) is 3.18. The standard InChI is InChI=1S/C12H13BrO4/c1-8(13)7-17-12-10(15-2)4-9(6-14)5-11(12)16-3/h4-6H,1,7H2,2-3H3. The van der Waals surface area contributed by atoms with Gasteiger partial charge in [-0.2, -0.15) is 0 Å². The Hall–Kier alpha value is -1.49. The normalized spacial score (nSPS) is 9.59. The Labute approximate surface area is 108 Å². The highest BCUT2D eigenvalue weighted by atomic mass is 79.9. The molecule has 1 aromatic rings. The summed E-state index contributed by atoms with van der Waals surface area (Å²) >= 11 is 3.20. The summed E-state index contributed by atoms with van der Waals surface area (Å²) in [6.45, 7) is 3.95. The van der Waals surface area contributed by atoms with Crippen molar-refractivity contribution in [3.63, 3.8) is 0 Å². The van der Waals surface area contributed by atoms with Crippen LogP contribution in [0.5, 0.6) is 17.2 Å². The molecule has 0 unspecified atom stereocenters. The predicted octanol–water partition coefficient (Wildman–Crippen LogP) is 2.80. The molecule has 0 bridgehead atoms. The van der Waals surface area contributed by atoms with Gasteiger partial charge in [0.05, 0.1) is 14.2 Å². The number of carbonyl (C=O) groups excluding carboxylic acids is 1. The zero-order chi connectivity index (χ0) is 12.8. The van der Waals surface area contributed by atoms with Crippen molar-refractivity contribution in [2.24, 2.45) is 0 Å². The topological polar surface area (TPSA) is 44.8 Å². The lowest BCUT2D eigenvalue weighted by molar-refractivity contribution is 0.112. The number of hydrogen-bond donors (Lipinski definition) is 0. The summed E-state index contributed by atoms with van der Waals surface area (Å²) < 4.78 is 16.5. The first-order chi connectivity index (χ1) is 8.12. The summed E-state index contributed by atoms with van der Waals surface area (Å²) in [7, 11) is 3.00. The van der Waals surface area contributed by atoms with Gasteiger partial charge in [0.2, 0.25) is 5.75 Å². The molecule has 0 aliphatic rings. The molecule has 0 atom stereocenters. The Bertz CT molecular complexity index is 404. The maximum atomic E-state index is 10.7. The minimum absolute atomic E-state index is 0.285. The highest BCUT2D eigenvalue weighted by Gasteiger charge is 2.14. The lowest BCUT2D eigenvalue weighted by Gasteiger charge is -2.14. The van der Waals surface area contributed by atoms with Crippen molar-refractivity contribution in [1.29, 1.82) is 0 Å². The fourth-order valence-corrected chi connectivity index (χ4v) is 1.38. The summed E-state index contributed by atoms with van der Waals surface area (Å²) in [4.78, 5) is 10.7. The number of hydrogen-bond acceptors (Lipinski definition) is 4. The molecule has 1 rings (SSSR count). The van der Waals surface area contributed by atoms with E-state index in [9.17, 15) is 4.79 Å². The van der Waals surface area contributed by atoms with Crippen LogP contribution in [0.1, 0.15) is 10.4 Å². The lowest BCUT2D eigenvalue weighted by Crippen LogP contribution is -2.02. The first-order valence-corrected chi connectivity index (χ1v) is 5.59. The van der Waals surface area contributed by atoms with E-state index in [1.807, 2.05) is 0 Å². The minimum atomic E-state index is 0.285. The minimum Gasteiger partial charge on any atom is -0.493 e. The molecule has 17 heavy (non-hydrogen) atoms. The monoisotopic (exact) mass is 300 g/mol. The first-order valence-electron chi connectivity index (χ1n) is 4.79. The van der Waals surface area contributed by atoms with Gasteiger partial charge in [0, 0.05) is 10.0 Å². The van der Waals surface area contributed by atoms with Gasteiger partial charge in [-0.15, -0.1) is 0 Å². The molecular weight excluding hydrogens is 288 g/mol. The quantitative estimate of drug-likeness (QED) is 0.758. The van der Waals surface area contributed by atoms with Gasteiger partial charge in [-0.1, -0.05) is 22.5 Å². The van der Waals surface area contributed by atoms with Crippen LogP contribution in [0.25, 0.3) is 0 Å². The van der Waals surface area contributed by atoms with E-state index in [1.54, 1.807) is 12.1 Å². The van der Waals surface area contributed by atoms with Crippen LogP contribution in [-0.2, 0) is 0 Å². The predicted molar refractivity (Wildman–Crippen MR) is 68.5 cm³/mol. The van der Waals surface area contributed by atoms with Crippen molar-refractivity contribution >= 4 is 22.2 Å². The van der Waals surface area contributed by atoms with Crippen LogP contribution in [0.3, 0.4) is 0 Å². The fraction of sp³-hybridized carbons (Fsp3) is 0.250. The Morgan fingerprint density at radius 1 is 1.35 bits per heavy atom. The van der Waals surface area contributed by atoms with Gasteiger partial charge in [0.15, 0.2) is 11.5 Å². The van der Waals surface area contributed by atoms with E-state index >= 15 is 0 Å². The van der Waals surface area contributed by atoms with Crippen LogP contribution >= 0.6 is 15.9 Å². The van der Waals surface area contributed by atoms with E-state index in [2.05, 4.69) is 22.5 Å². The largest absolute Gasteiger partial charge is 0.493 e. The Morgan fingerprint density at radius 2 is 1.88 bits per heavy atom. The Morgan fingerprint density at radius 3 is 2.24 bits per heavy atom. The molecule has 0 aromatic heterocycles. The number of aldehydes is 1. The Balaban J connectivity index is 3.14. The molecule has 0 aliphatic carbocycles. The lowest BCUT2D eigenvalue weighted by atomic mass is 10.2. The van der Waals surface area contributed by atoms with E-state index in [0.29, 0.717) is 27.3 Å². The van der Waals surface area contributed by atoms with E-state index in [-0.39, 0.29) is 6.61 Å². The van der Waals surface area contributed by atoms with Gasteiger partial charge in [-0.3, -0.25) is 4.79 Å². The molecule has 0 saturated carbocycles. The van der Waals surface area contributed by atoms with Crippen LogP contribution in [0.4, 0.5) is 0 Å². The molecule has 0 saturated heterocycles. The second kappa shape index (κ2) is 6.30. The molecule has 0 radical (unpaired) electrons. The van der Waals surface area contributed by atoms with Gasteiger partial charge >= 0.3 is 0 Å². The molecule has 5 heteroatoms. The number of benzene rings is 1. The third-order valence-electron chi connectivity index (χ3n) is 1.99. The van der Waals surface area contributed by atoms with Gasteiger partial charge < -0.3 is 14.2 Å². The SMILES string of the molecule is C=C(Br)COc1c(OC)cc(C=O)cc1OC. The number of ether oxygens (including phenoxy) is 3. The van der Waals surface area contributed by atoms with E-state index in [0.717, 1.165) is 6.29 Å². The van der Waals surface area contributed by atoms with E-state index in [1.165, 1.54) is 14.2 Å². The van der Waals surface area contributed by atoms with Crippen molar-refractivity contribution in [3.8, 4) is 17.2 Å². The zero-order valence-corrected chi connectivity index (χ0v) is 11.2. The maximum Gasteiger partial charge on any atom is 0.203 e. The number of methoxy groups -OCH3 is 2. The third-order valence-corrected chi connectivity index (χ3v) is 2.22. The summed E-state index contributed by atoms with van der Waals surface area (Å²) in [6.07, 6.45) is 0.720. The van der Waals surface area contributed by atoms with Gasteiger partial charge in [0.25, 0.3) is 0 Å². The van der Waals surface area contributed by atoms with Crippen molar-refractivity contribution in [1.82, 2.24) is 0 Å². The van der Waals surface area contributed by atoms with Gasteiger partial charge in [-0.05, 0) is 12.1 Å². The Kier molecular flexibility index (Phi) is 5.03. The van der Waals surface area contributed by atoms with E-state index < -0.39 is 0 Å². The van der Waals surface area contributed by atoms with Crippen LogP contribution in [0.2, 0.25) is 0 Å². The molecular formula is C12H13BrO4. The van der Waals surface area contributed by atoms with Crippen molar-refractivity contribution < 1.29 is 19.0 Å². The fourth-order valence-electron chi connectivity index (χ4n) is 1.26. The molecule has 1 aromatic carbocycles. The molecule has 4 nitrogen and oxygen atoms in total. The van der Waals surface area contributed by atoms with Gasteiger partial charge in [0.1, 0.15) is 12.9 Å².